The normalized spacial score (nSPS) is 13.4. The molecular formula is C43H84NO8P. The van der Waals surface area contributed by atoms with Gasteiger partial charge in [-0.3, -0.25) is 18.6 Å². The Hall–Kier alpha value is -1.25. The largest absolute Gasteiger partial charge is 0.472 e. The molecule has 2 atom stereocenters. The zero-order chi connectivity index (χ0) is 38.9. The van der Waals surface area contributed by atoms with Crippen molar-refractivity contribution in [3.63, 3.8) is 0 Å². The molecule has 0 fully saturated rings. The number of hydrogen-bond donors (Lipinski definition) is 2. The molecule has 3 N–H and O–H groups in total. The zero-order valence-electron chi connectivity index (χ0n) is 34.5. The molecule has 314 valence electrons. The summed E-state index contributed by atoms with van der Waals surface area (Å²) < 4.78 is 32.8. The number of hydrogen-bond acceptors (Lipinski definition) is 8. The van der Waals surface area contributed by atoms with E-state index in [2.05, 4.69) is 26.0 Å². The van der Waals surface area contributed by atoms with Crippen LogP contribution in [0.25, 0.3) is 0 Å². The van der Waals surface area contributed by atoms with Crippen molar-refractivity contribution < 1.29 is 37.6 Å². The quantitative estimate of drug-likeness (QED) is 0.0269. The molecule has 10 heteroatoms. The maximum atomic E-state index is 12.6. The first kappa shape index (κ1) is 51.8. The first-order valence-corrected chi connectivity index (χ1v) is 23.7. The second-order valence-corrected chi connectivity index (χ2v) is 16.4. The van der Waals surface area contributed by atoms with E-state index in [0.29, 0.717) is 6.42 Å². The van der Waals surface area contributed by atoms with Crippen LogP contribution in [0.1, 0.15) is 219 Å². The minimum absolute atomic E-state index is 0.0545. The first-order chi connectivity index (χ1) is 25.8. The molecule has 0 heterocycles. The molecule has 53 heavy (non-hydrogen) atoms. The maximum Gasteiger partial charge on any atom is 0.472 e. The average molecular weight is 774 g/mol. The Morgan fingerprint density at radius 1 is 0.547 bits per heavy atom. The SMILES string of the molecule is CCCCCCCCCCC/C=C/CCCCCCC(=O)O[C@H](COC(=O)CCCCCCCCCCCCCCCCC)COP(=O)(O)OCCN. The number of phosphoric ester groups is 1. The summed E-state index contributed by atoms with van der Waals surface area (Å²) >= 11 is 0. The molecule has 0 aromatic carbocycles. The minimum atomic E-state index is -4.37. The van der Waals surface area contributed by atoms with Crippen LogP contribution in [0.15, 0.2) is 12.2 Å². The summed E-state index contributed by atoms with van der Waals surface area (Å²) in [5.74, 6) is -0.830. The highest BCUT2D eigenvalue weighted by atomic mass is 31.2. The lowest BCUT2D eigenvalue weighted by molar-refractivity contribution is -0.161. The molecule has 0 aliphatic carbocycles. The highest BCUT2D eigenvalue weighted by Crippen LogP contribution is 2.43. The highest BCUT2D eigenvalue weighted by molar-refractivity contribution is 7.47. The molecule has 0 aliphatic heterocycles. The molecule has 0 spiro atoms. The molecule has 0 aliphatic rings. The van der Waals surface area contributed by atoms with Gasteiger partial charge in [0.15, 0.2) is 6.10 Å². The van der Waals surface area contributed by atoms with E-state index in [1.807, 2.05) is 0 Å². The van der Waals surface area contributed by atoms with Crippen molar-refractivity contribution in [3.8, 4) is 0 Å². The number of ether oxygens (including phenoxy) is 2. The van der Waals surface area contributed by atoms with Crippen molar-refractivity contribution in [3.05, 3.63) is 12.2 Å². The van der Waals surface area contributed by atoms with Crippen LogP contribution < -0.4 is 5.73 Å². The van der Waals surface area contributed by atoms with Gasteiger partial charge in [0.1, 0.15) is 6.61 Å². The maximum absolute atomic E-state index is 12.6. The molecule has 0 saturated carbocycles. The van der Waals surface area contributed by atoms with E-state index in [4.69, 9.17) is 24.3 Å². The summed E-state index contributed by atoms with van der Waals surface area (Å²) in [4.78, 5) is 34.9. The molecule has 0 aromatic heterocycles. The second kappa shape index (κ2) is 40.4. The Labute approximate surface area is 326 Å². The molecule has 0 bridgehead atoms. The lowest BCUT2D eigenvalue weighted by Gasteiger charge is -2.19. The van der Waals surface area contributed by atoms with Crippen LogP contribution in [0.2, 0.25) is 0 Å². The van der Waals surface area contributed by atoms with Gasteiger partial charge in [0.2, 0.25) is 0 Å². The third-order valence-corrected chi connectivity index (χ3v) is 10.6. The molecule has 0 saturated heterocycles. The van der Waals surface area contributed by atoms with E-state index in [0.717, 1.165) is 51.4 Å². The Morgan fingerprint density at radius 3 is 1.34 bits per heavy atom. The number of allylic oxidation sites excluding steroid dienone is 2. The molecule has 0 amide bonds. The molecule has 1 unspecified atom stereocenters. The van der Waals surface area contributed by atoms with Gasteiger partial charge in [-0.2, -0.15) is 0 Å². The Balaban J connectivity index is 4.13. The van der Waals surface area contributed by atoms with Gasteiger partial charge in [0.05, 0.1) is 13.2 Å². The molecule has 0 aromatic rings. The van der Waals surface area contributed by atoms with Crippen LogP contribution in [-0.4, -0.2) is 49.3 Å². The van der Waals surface area contributed by atoms with Crippen molar-refractivity contribution >= 4 is 19.8 Å². The zero-order valence-corrected chi connectivity index (χ0v) is 35.4. The average Bonchev–Trinajstić information content (AvgIpc) is 3.14. The van der Waals surface area contributed by atoms with Gasteiger partial charge in [0, 0.05) is 19.4 Å². The van der Waals surface area contributed by atoms with Gasteiger partial charge < -0.3 is 20.1 Å². The first-order valence-electron chi connectivity index (χ1n) is 22.2. The van der Waals surface area contributed by atoms with E-state index in [1.54, 1.807) is 0 Å². The van der Waals surface area contributed by atoms with Gasteiger partial charge in [-0.1, -0.05) is 180 Å². The molecule has 0 rings (SSSR count). The summed E-state index contributed by atoms with van der Waals surface area (Å²) in [6, 6.07) is 0. The van der Waals surface area contributed by atoms with Gasteiger partial charge in [-0.05, 0) is 38.5 Å². The number of phosphoric acid groups is 1. The molecular weight excluding hydrogens is 689 g/mol. The van der Waals surface area contributed by atoms with Crippen molar-refractivity contribution in [2.45, 2.75) is 225 Å². The monoisotopic (exact) mass is 774 g/mol. The Kier molecular flexibility index (Phi) is 39.5. The molecule has 9 nitrogen and oxygen atoms in total. The summed E-state index contributed by atoms with van der Waals surface area (Å²) in [5.41, 5.74) is 5.35. The van der Waals surface area contributed by atoms with Gasteiger partial charge in [-0.15, -0.1) is 0 Å². The summed E-state index contributed by atoms with van der Waals surface area (Å²) in [6.07, 6.45) is 40.9. The van der Waals surface area contributed by atoms with Crippen LogP contribution in [0.4, 0.5) is 0 Å². The van der Waals surface area contributed by atoms with Crippen molar-refractivity contribution in [1.82, 2.24) is 0 Å². The number of nitrogens with two attached hydrogens (primary N) is 1. The third-order valence-electron chi connectivity index (χ3n) is 9.65. The number of unbranched alkanes of at least 4 members (excludes halogenated alkanes) is 27. The Morgan fingerprint density at radius 2 is 0.925 bits per heavy atom. The van der Waals surface area contributed by atoms with E-state index in [9.17, 15) is 19.0 Å². The second-order valence-electron chi connectivity index (χ2n) is 14.9. The third kappa shape index (κ3) is 40.2. The fourth-order valence-electron chi connectivity index (χ4n) is 6.34. The van der Waals surface area contributed by atoms with Crippen LogP contribution in [0, 0.1) is 0 Å². The lowest BCUT2D eigenvalue weighted by atomic mass is 10.0. The lowest BCUT2D eigenvalue weighted by Crippen LogP contribution is -2.29. The van der Waals surface area contributed by atoms with Crippen LogP contribution in [0.5, 0.6) is 0 Å². The number of carbonyl (C=O) groups is 2. The smallest absolute Gasteiger partial charge is 0.462 e. The summed E-state index contributed by atoms with van der Waals surface area (Å²) in [5, 5.41) is 0. The van der Waals surface area contributed by atoms with Crippen molar-refractivity contribution in [2.24, 2.45) is 5.73 Å². The molecule has 0 radical (unpaired) electrons. The minimum Gasteiger partial charge on any atom is -0.462 e. The summed E-state index contributed by atoms with van der Waals surface area (Å²) in [6.45, 7) is 3.75. The van der Waals surface area contributed by atoms with E-state index < -0.39 is 26.5 Å². The fourth-order valence-corrected chi connectivity index (χ4v) is 7.10. The van der Waals surface area contributed by atoms with Crippen molar-refractivity contribution in [2.75, 3.05) is 26.4 Å². The topological polar surface area (TPSA) is 134 Å². The van der Waals surface area contributed by atoms with Crippen LogP contribution in [-0.2, 0) is 32.7 Å². The Bertz CT molecular complexity index is 886. The number of rotatable bonds is 42. The predicted molar refractivity (Wildman–Crippen MR) is 220 cm³/mol. The van der Waals surface area contributed by atoms with E-state index in [-0.39, 0.29) is 38.6 Å². The standard InChI is InChI=1S/C43H84NO8P/c1-3-5-7-9-11-13-15-17-19-20-22-24-26-28-30-32-34-36-43(46)52-41(40-51-53(47,48)50-38-37-44)39-49-42(45)35-33-31-29-27-25-23-21-18-16-14-12-10-8-6-4-2/h22,24,41H,3-21,23,25-40,44H2,1-2H3,(H,47,48)/b24-22+/t41-/m1/s1. The van der Waals surface area contributed by atoms with Crippen molar-refractivity contribution in [1.29, 1.82) is 0 Å². The number of carbonyl (C=O) groups excluding carboxylic acids is 2. The summed E-state index contributed by atoms with van der Waals surface area (Å²) in [7, 11) is -4.37. The van der Waals surface area contributed by atoms with Crippen LogP contribution in [0.3, 0.4) is 0 Å². The van der Waals surface area contributed by atoms with Gasteiger partial charge >= 0.3 is 19.8 Å². The van der Waals surface area contributed by atoms with Gasteiger partial charge in [0.25, 0.3) is 0 Å². The van der Waals surface area contributed by atoms with Gasteiger partial charge in [-0.25, -0.2) is 4.57 Å². The predicted octanol–water partition coefficient (Wildman–Crippen LogP) is 12.6. The highest BCUT2D eigenvalue weighted by Gasteiger charge is 2.26. The van der Waals surface area contributed by atoms with E-state index in [1.165, 1.54) is 135 Å². The van der Waals surface area contributed by atoms with E-state index >= 15 is 0 Å². The number of esters is 2. The van der Waals surface area contributed by atoms with Crippen LogP contribution >= 0.6 is 7.82 Å². The fraction of sp³-hybridized carbons (Fsp3) is 0.907.